The summed E-state index contributed by atoms with van der Waals surface area (Å²) in [7, 11) is 0. The first-order valence-corrected chi connectivity index (χ1v) is 7.71. The summed E-state index contributed by atoms with van der Waals surface area (Å²) in [6, 6.07) is 5.86. The number of hydrogen-bond donors (Lipinski definition) is 2. The van der Waals surface area contributed by atoms with Crippen LogP contribution < -0.4 is 25.4 Å². The number of nitrogens with one attached hydrogen (secondary N) is 2. The Labute approximate surface area is 151 Å². The molecule has 0 atom stereocenters. The van der Waals surface area contributed by atoms with Gasteiger partial charge in [0.2, 0.25) is 0 Å². The molecule has 1 aliphatic heterocycles. The molecule has 2 aromatic rings. The molecule has 2 heterocycles. The molecule has 0 bridgehead atoms. The van der Waals surface area contributed by atoms with Crippen LogP contribution in [0.1, 0.15) is 12.5 Å². The summed E-state index contributed by atoms with van der Waals surface area (Å²) in [5.74, 6) is -3.13. The second kappa shape index (κ2) is 7.66. The van der Waals surface area contributed by atoms with Crippen molar-refractivity contribution in [3.63, 3.8) is 0 Å². The lowest BCUT2D eigenvalue weighted by molar-refractivity contribution is -0.0504. The van der Waals surface area contributed by atoms with Crippen molar-refractivity contribution in [3.8, 4) is 11.8 Å². The molecule has 0 saturated heterocycles. The van der Waals surface area contributed by atoms with Crippen molar-refractivity contribution < 1.29 is 27.0 Å². The molecule has 1 aliphatic rings. The molecule has 1 aromatic carbocycles. The molecule has 0 radical (unpaired) electrons. The summed E-state index contributed by atoms with van der Waals surface area (Å²) in [6.07, 6.45) is 3.74. The van der Waals surface area contributed by atoms with Gasteiger partial charge in [0.05, 0.1) is 23.8 Å². The van der Waals surface area contributed by atoms with Gasteiger partial charge < -0.3 is 14.9 Å². The highest BCUT2D eigenvalue weighted by molar-refractivity contribution is 5.52. The summed E-state index contributed by atoms with van der Waals surface area (Å²) < 4.78 is 60.5. The number of nitrogens with zero attached hydrogens (tertiary/aromatic N) is 3. The van der Waals surface area contributed by atoms with Gasteiger partial charge >= 0.3 is 12.6 Å². The van der Waals surface area contributed by atoms with Crippen molar-refractivity contribution in [3.05, 3.63) is 54.1 Å². The van der Waals surface area contributed by atoms with E-state index in [0.717, 1.165) is 19.3 Å². The highest BCUT2D eigenvalue weighted by atomic mass is 19.3. The third kappa shape index (κ3) is 4.97. The minimum atomic E-state index is -2.96. The molecule has 2 N–H and O–H groups in total. The molecule has 144 valence electrons. The summed E-state index contributed by atoms with van der Waals surface area (Å²) in [5, 5.41) is 1.51. The lowest BCUT2D eigenvalue weighted by Gasteiger charge is -2.18. The van der Waals surface area contributed by atoms with E-state index >= 15 is 0 Å². The Morgan fingerprint density at radius 3 is 2.63 bits per heavy atom. The standard InChI is InChI=1S/C16H15F4N5O2/c1-16(19,20)10-3-2-4-12(5-10)25-8-11(23-24-25)9-26-15-21-6-13(7-22-15)27-14(17)18/h2-8,14,23-24H,9H2,1H3. The quantitative estimate of drug-likeness (QED) is 0.710. The van der Waals surface area contributed by atoms with E-state index < -0.39 is 12.5 Å². The molecule has 0 aliphatic carbocycles. The van der Waals surface area contributed by atoms with E-state index in [1.807, 2.05) is 0 Å². The van der Waals surface area contributed by atoms with Gasteiger partial charge in [0.1, 0.15) is 6.61 Å². The van der Waals surface area contributed by atoms with Crippen molar-refractivity contribution in [2.75, 3.05) is 11.6 Å². The molecule has 0 saturated carbocycles. The van der Waals surface area contributed by atoms with E-state index in [-0.39, 0.29) is 23.9 Å². The van der Waals surface area contributed by atoms with Crippen molar-refractivity contribution in [1.82, 2.24) is 20.9 Å². The maximum atomic E-state index is 13.5. The molecular weight excluding hydrogens is 370 g/mol. The highest BCUT2D eigenvalue weighted by Crippen LogP contribution is 2.30. The smallest absolute Gasteiger partial charge is 0.387 e. The second-order valence-electron chi connectivity index (χ2n) is 5.57. The Morgan fingerprint density at radius 2 is 1.96 bits per heavy atom. The molecule has 27 heavy (non-hydrogen) atoms. The number of alkyl halides is 4. The molecule has 0 unspecified atom stereocenters. The van der Waals surface area contributed by atoms with Crippen LogP contribution in [0, 0.1) is 0 Å². The van der Waals surface area contributed by atoms with Gasteiger partial charge in [0.25, 0.3) is 5.92 Å². The Morgan fingerprint density at radius 1 is 1.22 bits per heavy atom. The van der Waals surface area contributed by atoms with Crippen LogP contribution >= 0.6 is 0 Å². The average molecular weight is 385 g/mol. The summed E-state index contributed by atoms with van der Waals surface area (Å²) in [5.41, 5.74) is 6.57. The third-order valence-electron chi connectivity index (χ3n) is 3.44. The molecule has 3 rings (SSSR count). The maximum absolute atomic E-state index is 13.5. The average Bonchev–Trinajstić information content (AvgIpc) is 3.09. The number of hydrazine groups is 2. The normalized spacial score (nSPS) is 14.1. The van der Waals surface area contributed by atoms with Crippen LogP contribution in [0.5, 0.6) is 11.8 Å². The van der Waals surface area contributed by atoms with Gasteiger partial charge in [-0.25, -0.2) is 8.78 Å². The first kappa shape index (κ1) is 18.7. The molecule has 0 fully saturated rings. The van der Waals surface area contributed by atoms with Gasteiger partial charge in [-0.3, -0.25) is 5.01 Å². The van der Waals surface area contributed by atoms with E-state index in [1.165, 1.54) is 23.2 Å². The van der Waals surface area contributed by atoms with Crippen molar-refractivity contribution in [2.24, 2.45) is 0 Å². The van der Waals surface area contributed by atoms with E-state index in [2.05, 4.69) is 25.7 Å². The number of aromatic nitrogens is 2. The van der Waals surface area contributed by atoms with Crippen LogP contribution in [-0.2, 0) is 5.92 Å². The lowest BCUT2D eigenvalue weighted by Crippen LogP contribution is -2.37. The number of hydrogen-bond acceptors (Lipinski definition) is 7. The molecule has 0 spiro atoms. The first-order chi connectivity index (χ1) is 12.8. The predicted molar refractivity (Wildman–Crippen MR) is 87.0 cm³/mol. The summed E-state index contributed by atoms with van der Waals surface area (Å²) >= 11 is 0. The summed E-state index contributed by atoms with van der Waals surface area (Å²) in [6.45, 7) is -2.10. The zero-order valence-electron chi connectivity index (χ0n) is 14.0. The minimum absolute atomic E-state index is 0.0299. The van der Waals surface area contributed by atoms with Gasteiger partial charge in [-0.2, -0.15) is 18.7 Å². The van der Waals surface area contributed by atoms with Crippen molar-refractivity contribution in [2.45, 2.75) is 19.5 Å². The number of halogens is 4. The fraction of sp³-hybridized carbons (Fsp3) is 0.250. The number of ether oxygens (including phenoxy) is 2. The van der Waals surface area contributed by atoms with Gasteiger partial charge in [-0.05, 0) is 12.1 Å². The number of rotatable bonds is 7. The maximum Gasteiger partial charge on any atom is 0.387 e. The van der Waals surface area contributed by atoms with E-state index in [1.54, 1.807) is 12.3 Å². The van der Waals surface area contributed by atoms with Crippen LogP contribution in [0.2, 0.25) is 0 Å². The first-order valence-electron chi connectivity index (χ1n) is 7.71. The monoisotopic (exact) mass is 385 g/mol. The lowest BCUT2D eigenvalue weighted by atomic mass is 10.1. The zero-order chi connectivity index (χ0) is 19.4. The van der Waals surface area contributed by atoms with Gasteiger partial charge in [0, 0.05) is 18.7 Å². The number of benzene rings is 1. The third-order valence-corrected chi connectivity index (χ3v) is 3.44. The highest BCUT2D eigenvalue weighted by Gasteiger charge is 2.25. The second-order valence-corrected chi connectivity index (χ2v) is 5.57. The Balaban J connectivity index is 1.60. The Kier molecular flexibility index (Phi) is 5.31. The van der Waals surface area contributed by atoms with E-state index in [4.69, 9.17) is 4.74 Å². The van der Waals surface area contributed by atoms with Crippen molar-refractivity contribution >= 4 is 5.69 Å². The zero-order valence-corrected chi connectivity index (χ0v) is 14.0. The molecule has 11 heteroatoms. The van der Waals surface area contributed by atoms with Gasteiger partial charge in [-0.15, -0.1) is 5.53 Å². The molecule has 1 aromatic heterocycles. The fourth-order valence-electron chi connectivity index (χ4n) is 2.18. The molecule has 7 nitrogen and oxygen atoms in total. The van der Waals surface area contributed by atoms with Crippen LogP contribution in [0.3, 0.4) is 0 Å². The van der Waals surface area contributed by atoms with Crippen molar-refractivity contribution in [1.29, 1.82) is 0 Å². The fourth-order valence-corrected chi connectivity index (χ4v) is 2.18. The van der Waals surface area contributed by atoms with Crippen LogP contribution in [0.4, 0.5) is 23.2 Å². The van der Waals surface area contributed by atoms with Gasteiger partial charge in [-0.1, -0.05) is 12.1 Å². The largest absolute Gasteiger partial charge is 0.457 e. The van der Waals surface area contributed by atoms with Gasteiger partial charge in [0.15, 0.2) is 5.75 Å². The number of anilines is 1. The predicted octanol–water partition coefficient (Wildman–Crippen LogP) is 2.94. The Bertz CT molecular complexity index is 811. The van der Waals surface area contributed by atoms with Crippen LogP contribution in [0.15, 0.2) is 48.6 Å². The molecular formula is C16H15F4N5O2. The van der Waals surface area contributed by atoms with Crippen LogP contribution in [0.25, 0.3) is 0 Å². The van der Waals surface area contributed by atoms with E-state index in [0.29, 0.717) is 11.4 Å². The minimum Gasteiger partial charge on any atom is -0.457 e. The SMILES string of the molecule is CC(F)(F)c1cccc(N2C=C(COc3ncc(OC(F)F)cn3)NN2)c1. The Hall–Kier alpha value is -3.08. The van der Waals surface area contributed by atoms with E-state index in [9.17, 15) is 17.6 Å². The topological polar surface area (TPSA) is 71.5 Å². The summed E-state index contributed by atoms with van der Waals surface area (Å²) in [4.78, 5) is 7.49. The van der Waals surface area contributed by atoms with Crippen LogP contribution in [-0.4, -0.2) is 23.2 Å². The molecule has 0 amide bonds.